The standard InChI is InChI=1S/C47H31N5/c1-3-41-42(4-2)50-46(40-17-11-16-38-28-31(30-48)18-27-39(38)40)45(49-41)36-23-25-37(26-24-36)47-51-43(34-14-9-6-10-15-34)29-44(52-47)35-21-19-33(20-22-35)32-12-7-5-8-13-32/h3-29H,1-2H2. The summed E-state index contributed by atoms with van der Waals surface area (Å²) < 4.78 is 0. The lowest BCUT2D eigenvalue weighted by Gasteiger charge is -2.15. The second-order valence-electron chi connectivity index (χ2n) is 12.3. The van der Waals surface area contributed by atoms with E-state index in [1.54, 1.807) is 12.2 Å². The van der Waals surface area contributed by atoms with Crippen molar-refractivity contribution in [3.05, 3.63) is 182 Å². The third kappa shape index (κ3) is 6.17. The Bertz CT molecular complexity index is 2640. The van der Waals surface area contributed by atoms with Crippen molar-refractivity contribution in [2.24, 2.45) is 0 Å². The predicted molar refractivity (Wildman–Crippen MR) is 213 cm³/mol. The SMILES string of the molecule is C=Cc1nc(-c2ccc(-c3nc(-c4ccccc4)cc(-c4ccc(-c5ccccc5)cc4)n3)cc2)c(-c2cccc3cc(C#N)ccc23)nc1C=C. The first-order valence-electron chi connectivity index (χ1n) is 16.9. The Labute approximate surface area is 302 Å². The molecule has 0 saturated heterocycles. The van der Waals surface area contributed by atoms with Gasteiger partial charge in [0.2, 0.25) is 0 Å². The molecule has 5 heteroatoms. The fraction of sp³-hybridized carbons (Fsp3) is 0. The van der Waals surface area contributed by atoms with Gasteiger partial charge in [-0.2, -0.15) is 5.26 Å². The van der Waals surface area contributed by atoms with Gasteiger partial charge in [-0.1, -0.05) is 147 Å². The van der Waals surface area contributed by atoms with Crippen LogP contribution in [0.3, 0.4) is 0 Å². The van der Waals surface area contributed by atoms with Gasteiger partial charge in [-0.3, -0.25) is 0 Å². The molecule has 0 spiro atoms. The number of nitriles is 1. The fourth-order valence-electron chi connectivity index (χ4n) is 6.43. The van der Waals surface area contributed by atoms with E-state index in [1.807, 2.05) is 91.0 Å². The van der Waals surface area contributed by atoms with Crippen molar-refractivity contribution in [1.29, 1.82) is 5.26 Å². The highest BCUT2D eigenvalue weighted by Gasteiger charge is 2.18. The molecule has 0 unspecified atom stereocenters. The smallest absolute Gasteiger partial charge is 0.160 e. The largest absolute Gasteiger partial charge is 0.244 e. The molecule has 0 aliphatic rings. The van der Waals surface area contributed by atoms with Crippen molar-refractivity contribution in [2.75, 3.05) is 0 Å². The second kappa shape index (κ2) is 13.9. The maximum Gasteiger partial charge on any atom is 0.160 e. The molecule has 0 aliphatic heterocycles. The average Bonchev–Trinajstić information content (AvgIpc) is 3.23. The summed E-state index contributed by atoms with van der Waals surface area (Å²) in [5.74, 6) is 0.623. The molecule has 8 rings (SSSR count). The Hall–Kier alpha value is -7.29. The third-order valence-corrected chi connectivity index (χ3v) is 9.10. The van der Waals surface area contributed by atoms with E-state index in [0.717, 1.165) is 55.5 Å². The van der Waals surface area contributed by atoms with Crippen LogP contribution >= 0.6 is 0 Å². The van der Waals surface area contributed by atoms with E-state index in [1.165, 1.54) is 5.56 Å². The molecule has 0 fully saturated rings. The Morgan fingerprint density at radius 2 is 1.00 bits per heavy atom. The molecule has 2 heterocycles. The molecule has 52 heavy (non-hydrogen) atoms. The summed E-state index contributed by atoms with van der Waals surface area (Å²) in [6.07, 6.45) is 3.40. The topological polar surface area (TPSA) is 75.3 Å². The van der Waals surface area contributed by atoms with Crippen LogP contribution in [0.2, 0.25) is 0 Å². The lowest BCUT2D eigenvalue weighted by atomic mass is 9.96. The molecule has 0 amide bonds. The quantitative estimate of drug-likeness (QED) is 0.161. The number of benzene rings is 6. The Morgan fingerprint density at radius 3 is 1.63 bits per heavy atom. The van der Waals surface area contributed by atoms with Gasteiger partial charge < -0.3 is 0 Å². The molecule has 5 nitrogen and oxygen atoms in total. The van der Waals surface area contributed by atoms with Gasteiger partial charge in [0.15, 0.2) is 5.82 Å². The van der Waals surface area contributed by atoms with Crippen LogP contribution in [0.5, 0.6) is 0 Å². The van der Waals surface area contributed by atoms with Gasteiger partial charge in [-0.15, -0.1) is 0 Å². The zero-order valence-electron chi connectivity index (χ0n) is 28.2. The van der Waals surface area contributed by atoms with Crippen LogP contribution in [-0.2, 0) is 0 Å². The van der Waals surface area contributed by atoms with Crippen molar-refractivity contribution < 1.29 is 0 Å². The summed E-state index contributed by atoms with van der Waals surface area (Å²) in [5, 5.41) is 11.4. The van der Waals surface area contributed by atoms with E-state index < -0.39 is 0 Å². The molecule has 0 aliphatic carbocycles. The van der Waals surface area contributed by atoms with Crippen LogP contribution in [0.4, 0.5) is 0 Å². The first kappa shape index (κ1) is 31.9. The molecule has 2 aromatic heterocycles. The first-order chi connectivity index (χ1) is 25.6. The molecule has 0 saturated carbocycles. The lowest BCUT2D eigenvalue weighted by molar-refractivity contribution is 1.17. The number of hydrogen-bond donors (Lipinski definition) is 0. The van der Waals surface area contributed by atoms with Crippen molar-refractivity contribution in [3.63, 3.8) is 0 Å². The van der Waals surface area contributed by atoms with Crippen molar-refractivity contribution >= 4 is 22.9 Å². The average molecular weight is 666 g/mol. The van der Waals surface area contributed by atoms with Gasteiger partial charge in [-0.05, 0) is 52.3 Å². The second-order valence-corrected chi connectivity index (χ2v) is 12.3. The minimum Gasteiger partial charge on any atom is -0.244 e. The Balaban J connectivity index is 1.23. The summed E-state index contributed by atoms with van der Waals surface area (Å²) in [7, 11) is 0. The molecule has 0 N–H and O–H groups in total. The van der Waals surface area contributed by atoms with Gasteiger partial charge >= 0.3 is 0 Å². The van der Waals surface area contributed by atoms with E-state index in [4.69, 9.17) is 19.9 Å². The van der Waals surface area contributed by atoms with E-state index in [9.17, 15) is 5.26 Å². The summed E-state index contributed by atoms with van der Waals surface area (Å²) in [4.78, 5) is 20.2. The van der Waals surface area contributed by atoms with Crippen LogP contribution in [0.1, 0.15) is 17.0 Å². The summed E-state index contributed by atoms with van der Waals surface area (Å²) >= 11 is 0. The van der Waals surface area contributed by atoms with Gasteiger partial charge in [0.05, 0.1) is 45.8 Å². The van der Waals surface area contributed by atoms with E-state index in [2.05, 4.69) is 79.9 Å². The monoisotopic (exact) mass is 665 g/mol. The van der Waals surface area contributed by atoms with Crippen LogP contribution in [0.15, 0.2) is 165 Å². The summed E-state index contributed by atoms with van der Waals surface area (Å²) in [5.41, 5.74) is 12.0. The van der Waals surface area contributed by atoms with Crippen molar-refractivity contribution in [1.82, 2.24) is 19.9 Å². The first-order valence-corrected chi connectivity index (χ1v) is 16.9. The van der Waals surface area contributed by atoms with E-state index >= 15 is 0 Å². The molecule has 0 atom stereocenters. The molecular formula is C47H31N5. The molecular weight excluding hydrogens is 635 g/mol. The Morgan fingerprint density at radius 1 is 0.462 bits per heavy atom. The molecule has 6 aromatic carbocycles. The van der Waals surface area contributed by atoms with Crippen LogP contribution in [0, 0.1) is 11.3 Å². The maximum atomic E-state index is 9.50. The summed E-state index contributed by atoms with van der Waals surface area (Å²) in [6.45, 7) is 7.97. The zero-order chi connectivity index (χ0) is 35.4. The van der Waals surface area contributed by atoms with Gasteiger partial charge in [0.1, 0.15) is 0 Å². The normalized spacial score (nSPS) is 10.8. The number of fused-ring (bicyclic) bond motifs is 1. The van der Waals surface area contributed by atoms with Crippen molar-refractivity contribution in [3.8, 4) is 73.6 Å². The Kier molecular flexibility index (Phi) is 8.55. The molecule has 244 valence electrons. The number of aromatic nitrogens is 4. The highest BCUT2D eigenvalue weighted by molar-refractivity contribution is 5.99. The van der Waals surface area contributed by atoms with E-state index in [-0.39, 0.29) is 0 Å². The minimum atomic E-state index is 0.603. The maximum absolute atomic E-state index is 9.50. The van der Waals surface area contributed by atoms with Gasteiger partial charge in [0.25, 0.3) is 0 Å². The van der Waals surface area contributed by atoms with Crippen LogP contribution < -0.4 is 0 Å². The van der Waals surface area contributed by atoms with Crippen molar-refractivity contribution in [2.45, 2.75) is 0 Å². The fourth-order valence-corrected chi connectivity index (χ4v) is 6.43. The minimum absolute atomic E-state index is 0.603. The summed E-state index contributed by atoms with van der Waals surface area (Å²) in [6, 6.07) is 53.2. The molecule has 0 radical (unpaired) electrons. The number of hydrogen-bond acceptors (Lipinski definition) is 5. The highest BCUT2D eigenvalue weighted by Crippen LogP contribution is 2.36. The molecule has 0 bridgehead atoms. The molecule has 8 aromatic rings. The zero-order valence-corrected chi connectivity index (χ0v) is 28.2. The van der Waals surface area contributed by atoms with E-state index in [0.29, 0.717) is 34.2 Å². The van der Waals surface area contributed by atoms with Crippen LogP contribution in [0.25, 0.3) is 90.5 Å². The van der Waals surface area contributed by atoms with Gasteiger partial charge in [-0.25, -0.2) is 19.9 Å². The highest BCUT2D eigenvalue weighted by atomic mass is 14.9. The number of nitrogens with zero attached hydrogens (tertiary/aromatic N) is 5. The third-order valence-electron chi connectivity index (χ3n) is 9.10. The number of rotatable bonds is 8. The lowest BCUT2D eigenvalue weighted by Crippen LogP contribution is -2.01. The predicted octanol–water partition coefficient (Wildman–Crippen LogP) is 11.6. The van der Waals surface area contributed by atoms with Gasteiger partial charge in [0, 0.05) is 27.8 Å². The van der Waals surface area contributed by atoms with Crippen LogP contribution in [-0.4, -0.2) is 19.9 Å².